The Morgan fingerprint density at radius 1 is 1.19 bits per heavy atom. The Labute approximate surface area is 96.6 Å². The minimum Gasteiger partial charge on any atom is -0.478 e. The first kappa shape index (κ1) is 15.1. The molecule has 2 unspecified atom stereocenters. The van der Waals surface area contributed by atoms with Gasteiger partial charge in [0.05, 0.1) is 12.2 Å². The molecule has 0 heterocycles. The molecule has 0 saturated heterocycles. The molecule has 4 nitrogen and oxygen atoms in total. The van der Waals surface area contributed by atoms with Gasteiger partial charge in [-0.15, -0.1) is 0 Å². The van der Waals surface area contributed by atoms with Crippen LogP contribution in [0.2, 0.25) is 0 Å². The highest BCUT2D eigenvalue weighted by Gasteiger charge is 2.02. The second kappa shape index (κ2) is 9.36. The van der Waals surface area contributed by atoms with Crippen molar-refractivity contribution in [2.75, 3.05) is 0 Å². The molecule has 0 rings (SSSR count). The average Bonchev–Trinajstić information content (AvgIpc) is 2.16. The zero-order chi connectivity index (χ0) is 12.4. The second-order valence-electron chi connectivity index (χ2n) is 4.12. The molecule has 16 heavy (non-hydrogen) atoms. The van der Waals surface area contributed by atoms with E-state index in [1.807, 2.05) is 0 Å². The van der Waals surface area contributed by atoms with Crippen molar-refractivity contribution in [3.63, 3.8) is 0 Å². The van der Waals surface area contributed by atoms with Gasteiger partial charge >= 0.3 is 5.97 Å². The summed E-state index contributed by atoms with van der Waals surface area (Å²) in [5.41, 5.74) is 0. The lowest BCUT2D eigenvalue weighted by atomic mass is 10.1. The lowest BCUT2D eigenvalue weighted by Gasteiger charge is -2.08. The van der Waals surface area contributed by atoms with Gasteiger partial charge in [0.2, 0.25) is 0 Å². The monoisotopic (exact) mass is 230 g/mol. The molecule has 0 aromatic carbocycles. The summed E-state index contributed by atoms with van der Waals surface area (Å²) in [6.45, 7) is 1.77. The van der Waals surface area contributed by atoms with Gasteiger partial charge in [-0.3, -0.25) is 0 Å². The van der Waals surface area contributed by atoms with Crippen LogP contribution < -0.4 is 0 Å². The molecule has 0 bridgehead atoms. The van der Waals surface area contributed by atoms with Gasteiger partial charge in [-0.05, 0) is 26.2 Å². The van der Waals surface area contributed by atoms with Gasteiger partial charge in [0, 0.05) is 6.08 Å². The number of aliphatic hydroxyl groups is 2. The van der Waals surface area contributed by atoms with Crippen molar-refractivity contribution in [2.24, 2.45) is 0 Å². The van der Waals surface area contributed by atoms with E-state index >= 15 is 0 Å². The van der Waals surface area contributed by atoms with Crippen molar-refractivity contribution in [3.8, 4) is 0 Å². The molecule has 4 heteroatoms. The second-order valence-corrected chi connectivity index (χ2v) is 4.12. The highest BCUT2D eigenvalue weighted by atomic mass is 16.4. The molecule has 94 valence electrons. The summed E-state index contributed by atoms with van der Waals surface area (Å²) in [6.07, 6.45) is 6.57. The molecule has 0 aromatic rings. The molecular formula is C12H22O4. The van der Waals surface area contributed by atoms with E-state index < -0.39 is 12.1 Å². The minimum absolute atomic E-state index is 0.247. The van der Waals surface area contributed by atoms with Gasteiger partial charge in [-0.1, -0.05) is 25.3 Å². The number of aliphatic hydroxyl groups excluding tert-OH is 2. The number of aliphatic carboxylic acids is 1. The first-order valence-corrected chi connectivity index (χ1v) is 5.78. The van der Waals surface area contributed by atoms with E-state index in [1.54, 1.807) is 6.92 Å². The number of hydrogen-bond acceptors (Lipinski definition) is 3. The molecule has 0 aromatic heterocycles. The lowest BCUT2D eigenvalue weighted by Crippen LogP contribution is -2.05. The summed E-state index contributed by atoms with van der Waals surface area (Å²) in [4.78, 5) is 10.2. The minimum atomic E-state index is -0.982. The summed E-state index contributed by atoms with van der Waals surface area (Å²) in [5.74, 6) is -0.982. The third-order valence-electron chi connectivity index (χ3n) is 2.33. The van der Waals surface area contributed by atoms with Crippen LogP contribution in [-0.2, 0) is 4.79 Å². The van der Waals surface area contributed by atoms with Crippen LogP contribution in [-0.4, -0.2) is 33.5 Å². The van der Waals surface area contributed by atoms with E-state index in [0.717, 1.165) is 31.8 Å². The smallest absolute Gasteiger partial charge is 0.327 e. The maximum Gasteiger partial charge on any atom is 0.327 e. The fourth-order valence-electron chi connectivity index (χ4n) is 1.44. The zero-order valence-electron chi connectivity index (χ0n) is 9.80. The van der Waals surface area contributed by atoms with Crippen molar-refractivity contribution in [2.45, 2.75) is 57.7 Å². The highest BCUT2D eigenvalue weighted by molar-refractivity contribution is 5.79. The molecule has 0 aliphatic rings. The summed E-state index contributed by atoms with van der Waals surface area (Å²) in [5, 5.41) is 26.8. The standard InChI is InChI=1S/C12H22O4/c1-10(13)6-3-2-4-7-11(14)8-5-9-12(15)16/h5,9-11,13-14H,2-4,6-8H2,1H3,(H,15,16)/b9-5+. The first-order chi connectivity index (χ1) is 7.52. The van der Waals surface area contributed by atoms with E-state index in [0.29, 0.717) is 12.8 Å². The van der Waals surface area contributed by atoms with Gasteiger partial charge in [-0.2, -0.15) is 0 Å². The normalized spacial score (nSPS) is 15.2. The number of hydrogen-bond donors (Lipinski definition) is 3. The molecular weight excluding hydrogens is 208 g/mol. The number of rotatable bonds is 9. The van der Waals surface area contributed by atoms with Crippen molar-refractivity contribution < 1.29 is 20.1 Å². The van der Waals surface area contributed by atoms with Crippen LogP contribution in [0.15, 0.2) is 12.2 Å². The maximum atomic E-state index is 10.2. The fourth-order valence-corrected chi connectivity index (χ4v) is 1.44. The van der Waals surface area contributed by atoms with E-state index in [4.69, 9.17) is 10.2 Å². The van der Waals surface area contributed by atoms with Crippen molar-refractivity contribution in [1.82, 2.24) is 0 Å². The lowest BCUT2D eigenvalue weighted by molar-refractivity contribution is -0.131. The van der Waals surface area contributed by atoms with Gasteiger partial charge < -0.3 is 15.3 Å². The Balaban J connectivity index is 3.37. The number of carbonyl (C=O) groups is 1. The zero-order valence-corrected chi connectivity index (χ0v) is 9.80. The van der Waals surface area contributed by atoms with Gasteiger partial charge in [-0.25, -0.2) is 4.79 Å². The molecule has 0 radical (unpaired) electrons. The number of carboxylic acids is 1. The predicted molar refractivity (Wildman–Crippen MR) is 62.2 cm³/mol. The van der Waals surface area contributed by atoms with Gasteiger partial charge in [0.15, 0.2) is 0 Å². The van der Waals surface area contributed by atoms with Crippen LogP contribution in [0, 0.1) is 0 Å². The predicted octanol–water partition coefficient (Wildman–Crippen LogP) is 1.71. The molecule has 0 saturated carbocycles. The quantitative estimate of drug-likeness (QED) is 0.416. The van der Waals surface area contributed by atoms with Crippen LogP contribution in [0.1, 0.15) is 45.4 Å². The van der Waals surface area contributed by atoms with Gasteiger partial charge in [0.1, 0.15) is 0 Å². The van der Waals surface area contributed by atoms with Crippen LogP contribution in [0.4, 0.5) is 0 Å². The van der Waals surface area contributed by atoms with Gasteiger partial charge in [0.25, 0.3) is 0 Å². The van der Waals surface area contributed by atoms with Crippen LogP contribution in [0.3, 0.4) is 0 Å². The van der Waals surface area contributed by atoms with Crippen LogP contribution in [0.5, 0.6) is 0 Å². The van der Waals surface area contributed by atoms with Crippen molar-refractivity contribution in [3.05, 3.63) is 12.2 Å². The Morgan fingerprint density at radius 3 is 2.38 bits per heavy atom. The largest absolute Gasteiger partial charge is 0.478 e. The van der Waals surface area contributed by atoms with Crippen LogP contribution in [0.25, 0.3) is 0 Å². The Hall–Kier alpha value is -0.870. The fraction of sp³-hybridized carbons (Fsp3) is 0.750. The van der Waals surface area contributed by atoms with E-state index in [-0.39, 0.29) is 6.10 Å². The van der Waals surface area contributed by atoms with E-state index in [9.17, 15) is 9.90 Å². The summed E-state index contributed by atoms with van der Waals surface area (Å²) >= 11 is 0. The van der Waals surface area contributed by atoms with Crippen molar-refractivity contribution in [1.29, 1.82) is 0 Å². The summed E-state index contributed by atoms with van der Waals surface area (Å²) in [7, 11) is 0. The average molecular weight is 230 g/mol. The first-order valence-electron chi connectivity index (χ1n) is 5.78. The molecule has 0 aliphatic heterocycles. The Bertz CT molecular complexity index is 211. The molecule has 0 fully saturated rings. The van der Waals surface area contributed by atoms with E-state index in [1.165, 1.54) is 6.08 Å². The molecule has 0 amide bonds. The molecule has 3 N–H and O–H groups in total. The highest BCUT2D eigenvalue weighted by Crippen LogP contribution is 2.09. The van der Waals surface area contributed by atoms with E-state index in [2.05, 4.69) is 0 Å². The third kappa shape index (κ3) is 11.2. The Morgan fingerprint density at radius 2 is 1.81 bits per heavy atom. The topological polar surface area (TPSA) is 77.8 Å². The number of unbranched alkanes of at least 4 members (excludes halogenated alkanes) is 2. The number of carboxylic acid groups (broad SMARTS) is 1. The third-order valence-corrected chi connectivity index (χ3v) is 2.33. The van der Waals surface area contributed by atoms with Crippen LogP contribution >= 0.6 is 0 Å². The SMILES string of the molecule is CC(O)CCCCCC(O)C/C=C/C(=O)O. The summed E-state index contributed by atoms with van der Waals surface area (Å²) in [6, 6.07) is 0. The summed E-state index contributed by atoms with van der Waals surface area (Å²) < 4.78 is 0. The Kier molecular flexibility index (Phi) is 8.85. The van der Waals surface area contributed by atoms with Crippen molar-refractivity contribution >= 4 is 5.97 Å². The molecule has 0 spiro atoms. The maximum absolute atomic E-state index is 10.2. The molecule has 2 atom stereocenters. The molecule has 0 aliphatic carbocycles.